The Kier molecular flexibility index (Phi) is 7.74. The summed E-state index contributed by atoms with van der Waals surface area (Å²) in [7, 11) is 0. The number of hydrogen-bond donors (Lipinski definition) is 2. The van der Waals surface area contributed by atoms with E-state index in [2.05, 4.69) is 42.0 Å². The van der Waals surface area contributed by atoms with Gasteiger partial charge in [0.1, 0.15) is 17.4 Å². The number of para-hydroxylation sites is 1. The topological polar surface area (TPSA) is 106 Å². The predicted molar refractivity (Wildman–Crippen MR) is 135 cm³/mol. The Hall–Kier alpha value is -3.89. The van der Waals surface area contributed by atoms with Crippen LogP contribution < -0.4 is 15.5 Å². The van der Waals surface area contributed by atoms with Crippen molar-refractivity contribution in [2.75, 3.05) is 5.32 Å². The Labute approximate surface area is 207 Å². The Bertz CT molecular complexity index is 1310. The summed E-state index contributed by atoms with van der Waals surface area (Å²) in [5.41, 5.74) is 4.74. The Morgan fingerprint density at radius 1 is 0.941 bits per heavy atom. The fourth-order valence-electron chi connectivity index (χ4n) is 2.80. The molecule has 3 aromatic carbocycles. The highest BCUT2D eigenvalue weighted by Crippen LogP contribution is 2.25. The molecule has 0 unspecified atom stereocenters. The molecule has 0 radical (unpaired) electrons. The van der Waals surface area contributed by atoms with Crippen LogP contribution in [0.4, 0.5) is 5.13 Å². The van der Waals surface area contributed by atoms with Crippen LogP contribution in [0.5, 0.6) is 5.75 Å². The molecule has 2 N–H and O–H groups in total. The summed E-state index contributed by atoms with van der Waals surface area (Å²) in [6, 6.07) is 24.5. The van der Waals surface area contributed by atoms with Gasteiger partial charge in [0.15, 0.2) is 0 Å². The molecule has 2 amide bonds. The van der Waals surface area contributed by atoms with Crippen molar-refractivity contribution in [3.05, 3.63) is 94.5 Å². The Morgan fingerprint density at radius 3 is 2.47 bits per heavy atom. The first-order chi connectivity index (χ1) is 16.6. The van der Waals surface area contributed by atoms with Crippen LogP contribution in [0.25, 0.3) is 10.6 Å². The number of hydrazone groups is 1. The van der Waals surface area contributed by atoms with Gasteiger partial charge in [-0.25, -0.2) is 5.43 Å². The van der Waals surface area contributed by atoms with Gasteiger partial charge in [0.25, 0.3) is 0 Å². The summed E-state index contributed by atoms with van der Waals surface area (Å²) in [6.45, 7) is 0.375. The van der Waals surface area contributed by atoms with Crippen molar-refractivity contribution >= 4 is 50.4 Å². The third-order valence-corrected chi connectivity index (χ3v) is 5.89. The molecule has 0 saturated carbocycles. The Balaban J connectivity index is 1.32. The van der Waals surface area contributed by atoms with Gasteiger partial charge in [-0.3, -0.25) is 14.9 Å². The molecule has 170 valence electrons. The average molecular weight is 536 g/mol. The average Bonchev–Trinajstić information content (AvgIpc) is 3.33. The predicted octanol–water partition coefficient (Wildman–Crippen LogP) is 4.64. The van der Waals surface area contributed by atoms with E-state index < -0.39 is 11.8 Å². The van der Waals surface area contributed by atoms with Crippen molar-refractivity contribution in [3.63, 3.8) is 0 Å². The van der Waals surface area contributed by atoms with Crippen molar-refractivity contribution in [3.8, 4) is 16.3 Å². The number of hydrogen-bond acceptors (Lipinski definition) is 7. The molecule has 0 atom stereocenters. The minimum absolute atomic E-state index is 0.217. The van der Waals surface area contributed by atoms with E-state index in [9.17, 15) is 9.59 Å². The number of carbonyl (C=O) groups excluding carboxylic acids is 2. The van der Waals surface area contributed by atoms with Gasteiger partial charge in [-0.05, 0) is 29.8 Å². The van der Waals surface area contributed by atoms with E-state index >= 15 is 0 Å². The smallest absolute Gasteiger partial charge is 0.329 e. The maximum Gasteiger partial charge on any atom is 0.329 e. The number of carbonyl (C=O) groups is 2. The van der Waals surface area contributed by atoms with E-state index in [4.69, 9.17) is 4.74 Å². The SMILES string of the molecule is O=C(N/N=C/c1ccccc1OCc1ccc(Br)cc1)C(=O)Nc1nnc(-c2ccccc2)s1. The minimum Gasteiger partial charge on any atom is -0.488 e. The maximum atomic E-state index is 12.2. The first kappa shape index (κ1) is 23.3. The van der Waals surface area contributed by atoms with E-state index in [-0.39, 0.29) is 5.13 Å². The third-order valence-electron chi connectivity index (χ3n) is 4.47. The van der Waals surface area contributed by atoms with Crippen molar-refractivity contribution in [2.24, 2.45) is 5.10 Å². The van der Waals surface area contributed by atoms with Crippen LogP contribution in [0.1, 0.15) is 11.1 Å². The number of benzene rings is 3. The molecule has 4 aromatic rings. The number of aromatic nitrogens is 2. The zero-order chi connectivity index (χ0) is 23.8. The number of nitrogens with one attached hydrogen (secondary N) is 2. The van der Waals surface area contributed by atoms with Gasteiger partial charge in [-0.15, -0.1) is 10.2 Å². The number of rotatable bonds is 7. The van der Waals surface area contributed by atoms with Crippen LogP contribution in [0.3, 0.4) is 0 Å². The molecule has 34 heavy (non-hydrogen) atoms. The molecular formula is C24H18BrN5O3S. The molecular weight excluding hydrogens is 518 g/mol. The van der Waals surface area contributed by atoms with Gasteiger partial charge in [0, 0.05) is 15.6 Å². The van der Waals surface area contributed by atoms with Gasteiger partial charge in [-0.2, -0.15) is 5.10 Å². The zero-order valence-corrected chi connectivity index (χ0v) is 20.0. The minimum atomic E-state index is -0.930. The number of nitrogens with zero attached hydrogens (tertiary/aromatic N) is 3. The van der Waals surface area contributed by atoms with Crippen molar-refractivity contribution < 1.29 is 14.3 Å². The van der Waals surface area contributed by atoms with E-state index in [1.54, 1.807) is 12.1 Å². The summed E-state index contributed by atoms with van der Waals surface area (Å²) in [4.78, 5) is 24.3. The molecule has 0 bridgehead atoms. The first-order valence-electron chi connectivity index (χ1n) is 10.1. The molecule has 0 spiro atoms. The second kappa shape index (κ2) is 11.3. The molecule has 0 aliphatic heterocycles. The number of halogens is 1. The van der Waals surface area contributed by atoms with Crippen LogP contribution in [0.15, 0.2) is 88.4 Å². The summed E-state index contributed by atoms with van der Waals surface area (Å²) >= 11 is 4.57. The highest BCUT2D eigenvalue weighted by Gasteiger charge is 2.16. The zero-order valence-electron chi connectivity index (χ0n) is 17.6. The molecule has 0 saturated heterocycles. The normalized spacial score (nSPS) is 10.7. The van der Waals surface area contributed by atoms with Crippen LogP contribution >= 0.6 is 27.3 Å². The maximum absolute atomic E-state index is 12.2. The summed E-state index contributed by atoms with van der Waals surface area (Å²) in [6.07, 6.45) is 1.42. The van der Waals surface area contributed by atoms with E-state index in [0.717, 1.165) is 15.6 Å². The highest BCUT2D eigenvalue weighted by atomic mass is 79.9. The largest absolute Gasteiger partial charge is 0.488 e. The highest BCUT2D eigenvalue weighted by molar-refractivity contribution is 9.10. The molecule has 1 heterocycles. The monoisotopic (exact) mass is 535 g/mol. The van der Waals surface area contributed by atoms with Gasteiger partial charge < -0.3 is 4.74 Å². The molecule has 1 aromatic heterocycles. The quantitative estimate of drug-likeness (QED) is 0.204. The number of amides is 2. The molecule has 8 nitrogen and oxygen atoms in total. The van der Waals surface area contributed by atoms with Crippen molar-refractivity contribution in [1.82, 2.24) is 15.6 Å². The van der Waals surface area contributed by atoms with E-state index in [0.29, 0.717) is 22.9 Å². The van der Waals surface area contributed by atoms with Gasteiger partial charge >= 0.3 is 11.8 Å². The second-order valence-corrected chi connectivity index (χ2v) is 8.78. The lowest BCUT2D eigenvalue weighted by Gasteiger charge is -2.09. The summed E-state index contributed by atoms with van der Waals surface area (Å²) in [5.74, 6) is -1.23. The van der Waals surface area contributed by atoms with Gasteiger partial charge in [-0.1, -0.05) is 81.9 Å². The first-order valence-corrected chi connectivity index (χ1v) is 11.7. The van der Waals surface area contributed by atoms with Crippen molar-refractivity contribution in [1.29, 1.82) is 0 Å². The fraction of sp³-hybridized carbons (Fsp3) is 0.0417. The van der Waals surface area contributed by atoms with Crippen LogP contribution in [-0.2, 0) is 16.2 Å². The van der Waals surface area contributed by atoms with Crippen molar-refractivity contribution in [2.45, 2.75) is 6.61 Å². The molecule has 0 aliphatic rings. The van der Waals surface area contributed by atoms with Gasteiger partial charge in [0.05, 0.1) is 6.21 Å². The fourth-order valence-corrected chi connectivity index (χ4v) is 3.81. The summed E-state index contributed by atoms with van der Waals surface area (Å²) in [5, 5.41) is 15.1. The third kappa shape index (κ3) is 6.33. The van der Waals surface area contributed by atoms with Crippen LogP contribution in [-0.4, -0.2) is 28.2 Å². The van der Waals surface area contributed by atoms with Crippen LogP contribution in [0.2, 0.25) is 0 Å². The lowest BCUT2D eigenvalue weighted by Crippen LogP contribution is -2.32. The number of anilines is 1. The Morgan fingerprint density at radius 2 is 1.68 bits per heavy atom. The molecule has 0 fully saturated rings. The lowest BCUT2D eigenvalue weighted by atomic mass is 10.2. The molecule has 4 rings (SSSR count). The standard InChI is InChI=1S/C24H18BrN5O3S/c25-19-12-10-16(11-13-19)15-33-20-9-5-4-8-18(20)14-26-28-22(32)21(31)27-24-30-29-23(34-24)17-6-2-1-3-7-17/h1-14H,15H2,(H,28,32)(H,27,30,31)/b26-14+. The number of ether oxygens (including phenoxy) is 1. The lowest BCUT2D eigenvalue weighted by molar-refractivity contribution is -0.136. The summed E-state index contributed by atoms with van der Waals surface area (Å²) < 4.78 is 6.87. The molecule has 10 heteroatoms. The second-order valence-electron chi connectivity index (χ2n) is 6.88. The van der Waals surface area contributed by atoms with E-state index in [1.165, 1.54) is 17.6 Å². The molecule has 0 aliphatic carbocycles. The van der Waals surface area contributed by atoms with E-state index in [1.807, 2.05) is 66.7 Å². The van der Waals surface area contributed by atoms with Gasteiger partial charge in [0.2, 0.25) is 5.13 Å². The van der Waals surface area contributed by atoms with Crippen LogP contribution in [0, 0.1) is 0 Å².